The molecule has 1 N–H and O–H groups in total. The highest BCUT2D eigenvalue weighted by Gasteiger charge is 2.20. The van der Waals surface area contributed by atoms with Crippen LogP contribution in [-0.2, 0) is 11.3 Å². The molecular formula is C20H25N3O4. The van der Waals surface area contributed by atoms with Crippen molar-refractivity contribution in [1.29, 1.82) is 0 Å². The van der Waals surface area contributed by atoms with Crippen LogP contribution in [0.2, 0.25) is 0 Å². The van der Waals surface area contributed by atoms with E-state index in [1.807, 2.05) is 6.92 Å². The van der Waals surface area contributed by atoms with Gasteiger partial charge >= 0.3 is 5.97 Å². The van der Waals surface area contributed by atoms with E-state index in [1.54, 1.807) is 30.3 Å². The molecule has 1 aliphatic rings. The minimum absolute atomic E-state index is 0.219. The number of carbonyl (C=O) groups is 2. The number of nitrogens with one attached hydrogen (secondary N) is 1. The van der Waals surface area contributed by atoms with Crippen molar-refractivity contribution < 1.29 is 19.1 Å². The molecule has 1 heterocycles. The van der Waals surface area contributed by atoms with Gasteiger partial charge in [0.25, 0.3) is 5.91 Å². The van der Waals surface area contributed by atoms with E-state index >= 15 is 0 Å². The zero-order valence-electron chi connectivity index (χ0n) is 15.9. The number of hydrogen-bond donors (Lipinski definition) is 1. The third kappa shape index (κ3) is 4.67. The molecule has 0 atom stereocenters. The van der Waals surface area contributed by atoms with Crippen LogP contribution in [0.1, 0.15) is 51.5 Å². The topological polar surface area (TPSA) is 84.5 Å². The fourth-order valence-corrected chi connectivity index (χ4v) is 2.98. The van der Waals surface area contributed by atoms with Crippen LogP contribution in [0, 0.1) is 12.8 Å². The van der Waals surface area contributed by atoms with Gasteiger partial charge in [0.2, 0.25) is 0 Å². The summed E-state index contributed by atoms with van der Waals surface area (Å²) in [4.78, 5) is 33.7. The number of rotatable bonds is 7. The number of carbonyl (C=O) groups excluding carboxylic acids is 2. The number of esters is 1. The molecule has 7 nitrogen and oxygen atoms in total. The summed E-state index contributed by atoms with van der Waals surface area (Å²) in [6.07, 6.45) is 5.27. The van der Waals surface area contributed by atoms with Gasteiger partial charge in [-0.15, -0.1) is 0 Å². The van der Waals surface area contributed by atoms with Crippen LogP contribution in [0.3, 0.4) is 0 Å². The number of aromatic amines is 1. The largest absolute Gasteiger partial charge is 0.493 e. The normalized spacial score (nSPS) is 13.7. The van der Waals surface area contributed by atoms with Crippen LogP contribution in [-0.4, -0.2) is 47.5 Å². The van der Waals surface area contributed by atoms with Crippen molar-refractivity contribution >= 4 is 11.9 Å². The lowest BCUT2D eigenvalue weighted by Gasteiger charge is -2.25. The molecule has 0 bridgehead atoms. The number of aryl methyl sites for hydroxylation is 1. The van der Waals surface area contributed by atoms with Gasteiger partial charge in [-0.2, -0.15) is 0 Å². The summed E-state index contributed by atoms with van der Waals surface area (Å²) >= 11 is 0. The monoisotopic (exact) mass is 371 g/mol. The van der Waals surface area contributed by atoms with Crippen molar-refractivity contribution in [3.63, 3.8) is 0 Å². The number of benzene rings is 1. The number of imidazole rings is 1. The van der Waals surface area contributed by atoms with E-state index < -0.39 is 5.97 Å². The lowest BCUT2D eigenvalue weighted by atomic mass is 9.86. The molecule has 0 aliphatic heterocycles. The van der Waals surface area contributed by atoms with Crippen LogP contribution in [0.5, 0.6) is 5.75 Å². The van der Waals surface area contributed by atoms with Crippen molar-refractivity contribution in [2.24, 2.45) is 5.92 Å². The van der Waals surface area contributed by atoms with E-state index in [4.69, 9.17) is 9.47 Å². The Kier molecular flexibility index (Phi) is 5.78. The number of amides is 1. The van der Waals surface area contributed by atoms with E-state index in [0.29, 0.717) is 41.8 Å². The molecule has 0 radical (unpaired) electrons. The fourth-order valence-electron chi connectivity index (χ4n) is 2.98. The fraction of sp³-hybridized carbons (Fsp3) is 0.450. The van der Waals surface area contributed by atoms with Gasteiger partial charge in [-0.25, -0.2) is 9.78 Å². The molecule has 1 aromatic heterocycles. The standard InChI is InChI=1S/C20H25N3O4/c1-13-10-21-18(22-13)11-23(2)19(24)15-7-16(20(25)26-3)9-17(8-15)27-12-14-5-4-6-14/h7-10,14H,4-6,11-12H2,1-3H3,(H,21,22). The lowest BCUT2D eigenvalue weighted by Crippen LogP contribution is -2.27. The molecule has 1 fully saturated rings. The molecular weight excluding hydrogens is 346 g/mol. The highest BCUT2D eigenvalue weighted by molar-refractivity contribution is 5.98. The third-order valence-electron chi connectivity index (χ3n) is 4.77. The predicted molar refractivity (Wildman–Crippen MR) is 99.7 cm³/mol. The first-order valence-electron chi connectivity index (χ1n) is 9.08. The molecule has 144 valence electrons. The van der Waals surface area contributed by atoms with Crippen LogP contribution >= 0.6 is 0 Å². The number of H-pyrrole nitrogens is 1. The maximum atomic E-state index is 12.9. The van der Waals surface area contributed by atoms with Crippen LogP contribution in [0.15, 0.2) is 24.4 Å². The second-order valence-corrected chi connectivity index (χ2v) is 7.02. The Bertz CT molecular complexity index is 826. The Morgan fingerprint density at radius 3 is 2.59 bits per heavy atom. The average molecular weight is 371 g/mol. The number of hydrogen-bond acceptors (Lipinski definition) is 5. The SMILES string of the molecule is COC(=O)c1cc(OCC2CCC2)cc(C(=O)N(C)Cc2ncc(C)[nH]2)c1. The molecule has 0 saturated heterocycles. The summed E-state index contributed by atoms with van der Waals surface area (Å²) in [6, 6.07) is 4.84. The van der Waals surface area contributed by atoms with E-state index in [0.717, 1.165) is 18.5 Å². The summed E-state index contributed by atoms with van der Waals surface area (Å²) in [5.74, 6) is 1.05. The summed E-state index contributed by atoms with van der Waals surface area (Å²) in [5.41, 5.74) is 1.62. The molecule has 1 aromatic carbocycles. The molecule has 7 heteroatoms. The maximum absolute atomic E-state index is 12.9. The molecule has 27 heavy (non-hydrogen) atoms. The molecule has 2 aromatic rings. The smallest absolute Gasteiger partial charge is 0.338 e. The molecule has 0 spiro atoms. The first-order chi connectivity index (χ1) is 13.0. The van der Waals surface area contributed by atoms with Crippen molar-refractivity contribution in [1.82, 2.24) is 14.9 Å². The summed E-state index contributed by atoms with van der Waals surface area (Å²) < 4.78 is 10.6. The average Bonchev–Trinajstić information content (AvgIpc) is 3.03. The first-order valence-corrected chi connectivity index (χ1v) is 9.08. The Labute approximate surface area is 158 Å². The highest BCUT2D eigenvalue weighted by atomic mass is 16.5. The zero-order valence-corrected chi connectivity index (χ0v) is 15.9. The van der Waals surface area contributed by atoms with Gasteiger partial charge in [0.05, 0.1) is 25.8 Å². The zero-order chi connectivity index (χ0) is 19.4. The Balaban J connectivity index is 1.78. The van der Waals surface area contributed by atoms with E-state index in [9.17, 15) is 9.59 Å². The molecule has 1 saturated carbocycles. The first kappa shape index (κ1) is 18.9. The maximum Gasteiger partial charge on any atom is 0.338 e. The van der Waals surface area contributed by atoms with Gasteiger partial charge in [-0.3, -0.25) is 4.79 Å². The predicted octanol–water partition coefficient (Wildman–Crippen LogP) is 2.96. The van der Waals surface area contributed by atoms with Gasteiger partial charge in [0.1, 0.15) is 11.6 Å². The van der Waals surface area contributed by atoms with Gasteiger partial charge < -0.3 is 19.4 Å². The van der Waals surface area contributed by atoms with E-state index in [1.165, 1.54) is 19.6 Å². The Hall–Kier alpha value is -2.83. The molecule has 1 aliphatic carbocycles. The second-order valence-electron chi connectivity index (χ2n) is 7.02. The van der Waals surface area contributed by atoms with Gasteiger partial charge in [-0.05, 0) is 43.9 Å². The Morgan fingerprint density at radius 2 is 2.00 bits per heavy atom. The number of ether oxygens (including phenoxy) is 2. The van der Waals surface area contributed by atoms with Crippen LogP contribution < -0.4 is 4.74 Å². The van der Waals surface area contributed by atoms with Crippen LogP contribution in [0.25, 0.3) is 0 Å². The quantitative estimate of drug-likeness (QED) is 0.757. The number of aromatic nitrogens is 2. The Morgan fingerprint density at radius 1 is 1.26 bits per heavy atom. The third-order valence-corrected chi connectivity index (χ3v) is 4.77. The molecule has 1 amide bonds. The van der Waals surface area contributed by atoms with E-state index in [-0.39, 0.29) is 5.91 Å². The number of methoxy groups -OCH3 is 1. The van der Waals surface area contributed by atoms with E-state index in [2.05, 4.69) is 9.97 Å². The van der Waals surface area contributed by atoms with Crippen molar-refractivity contribution in [2.45, 2.75) is 32.7 Å². The van der Waals surface area contributed by atoms with Gasteiger partial charge in [0, 0.05) is 24.5 Å². The van der Waals surface area contributed by atoms with Gasteiger partial charge in [0.15, 0.2) is 0 Å². The van der Waals surface area contributed by atoms with Crippen LogP contribution in [0.4, 0.5) is 0 Å². The summed E-state index contributed by atoms with van der Waals surface area (Å²) in [7, 11) is 3.01. The minimum atomic E-state index is -0.498. The summed E-state index contributed by atoms with van der Waals surface area (Å²) in [5, 5.41) is 0. The van der Waals surface area contributed by atoms with Crippen molar-refractivity contribution in [3.8, 4) is 5.75 Å². The van der Waals surface area contributed by atoms with Gasteiger partial charge in [-0.1, -0.05) is 6.42 Å². The van der Waals surface area contributed by atoms with Crippen molar-refractivity contribution in [3.05, 3.63) is 47.0 Å². The van der Waals surface area contributed by atoms with Crippen molar-refractivity contribution in [2.75, 3.05) is 20.8 Å². The lowest BCUT2D eigenvalue weighted by molar-refractivity contribution is 0.0600. The molecule has 3 rings (SSSR count). The summed E-state index contributed by atoms with van der Waals surface area (Å²) in [6.45, 7) is 2.84. The second kappa shape index (κ2) is 8.24. The minimum Gasteiger partial charge on any atom is -0.493 e. The highest BCUT2D eigenvalue weighted by Crippen LogP contribution is 2.28. The number of nitrogens with zero attached hydrogens (tertiary/aromatic N) is 2. The molecule has 0 unspecified atom stereocenters.